The van der Waals surface area contributed by atoms with Gasteiger partial charge in [0.2, 0.25) is 0 Å². The first-order valence-corrected chi connectivity index (χ1v) is 11.6. The van der Waals surface area contributed by atoms with Crippen molar-refractivity contribution in [3.63, 3.8) is 0 Å². The molecule has 0 aliphatic carbocycles. The molecule has 0 radical (unpaired) electrons. The second-order valence-electron chi connectivity index (χ2n) is 8.79. The van der Waals surface area contributed by atoms with Crippen molar-refractivity contribution in [1.29, 1.82) is 5.26 Å². The van der Waals surface area contributed by atoms with Crippen LogP contribution in [0.2, 0.25) is 0 Å². The van der Waals surface area contributed by atoms with Crippen molar-refractivity contribution in [1.82, 2.24) is 14.9 Å². The van der Waals surface area contributed by atoms with Crippen LogP contribution in [0, 0.1) is 11.3 Å². The molecular weight excluding hydrogens is 404 g/mol. The third-order valence-corrected chi connectivity index (χ3v) is 6.69. The Labute approximate surface area is 189 Å². The Morgan fingerprint density at radius 2 is 2.00 bits per heavy atom. The summed E-state index contributed by atoms with van der Waals surface area (Å²) in [6, 6.07) is 10.6. The number of pyridine rings is 2. The third-order valence-electron chi connectivity index (χ3n) is 6.69. The molecule has 0 spiro atoms. The Morgan fingerprint density at radius 3 is 2.69 bits per heavy atom. The molecule has 0 atom stereocenters. The van der Waals surface area contributed by atoms with Gasteiger partial charge >= 0.3 is 0 Å². The van der Waals surface area contributed by atoms with Crippen molar-refractivity contribution in [3.05, 3.63) is 41.6 Å². The van der Waals surface area contributed by atoms with Crippen molar-refractivity contribution >= 4 is 17.5 Å². The fraction of sp³-hybridized carbons (Fsp3) is 0.542. The van der Waals surface area contributed by atoms with Gasteiger partial charge in [-0.15, -0.1) is 0 Å². The lowest BCUT2D eigenvalue weighted by molar-refractivity contribution is -0.0712. The standard InChI is InChI=1S/C24H30N6O2/c1-2-32-21-13-30(14-21)24-11-19(18-4-7-29(8-5-18)20-15-31-16-20)10-23(28-24)27-22-9-17(12-25)3-6-26-22/h3,6,9-11,18,20-21H,2,4-5,7-8,13-16H2,1H3,(H,26,27,28). The molecule has 8 nitrogen and oxygen atoms in total. The summed E-state index contributed by atoms with van der Waals surface area (Å²) in [5.74, 6) is 2.90. The van der Waals surface area contributed by atoms with E-state index in [4.69, 9.17) is 14.5 Å². The summed E-state index contributed by atoms with van der Waals surface area (Å²) in [6.07, 6.45) is 4.21. The van der Waals surface area contributed by atoms with Gasteiger partial charge in [-0.05, 0) is 68.6 Å². The van der Waals surface area contributed by atoms with Gasteiger partial charge in [-0.3, -0.25) is 4.90 Å². The minimum Gasteiger partial charge on any atom is -0.378 e. The van der Waals surface area contributed by atoms with Gasteiger partial charge in [0, 0.05) is 25.9 Å². The number of aromatic nitrogens is 2. The summed E-state index contributed by atoms with van der Waals surface area (Å²) in [6.45, 7) is 8.49. The fourth-order valence-electron chi connectivity index (χ4n) is 4.70. The molecule has 8 heteroatoms. The maximum absolute atomic E-state index is 9.20. The lowest BCUT2D eigenvalue weighted by Gasteiger charge is -2.42. The van der Waals surface area contributed by atoms with Crippen LogP contribution in [0.15, 0.2) is 30.5 Å². The third kappa shape index (κ3) is 4.56. The normalized spacial score (nSPS) is 20.4. The minimum atomic E-state index is 0.281. The highest BCUT2D eigenvalue weighted by Crippen LogP contribution is 2.34. The second kappa shape index (κ2) is 9.41. The molecule has 0 bridgehead atoms. The predicted molar refractivity (Wildman–Crippen MR) is 122 cm³/mol. The van der Waals surface area contributed by atoms with E-state index in [0.717, 1.165) is 70.5 Å². The van der Waals surface area contributed by atoms with Crippen LogP contribution >= 0.6 is 0 Å². The van der Waals surface area contributed by atoms with Gasteiger partial charge in [0.15, 0.2) is 0 Å². The summed E-state index contributed by atoms with van der Waals surface area (Å²) in [4.78, 5) is 14.1. The van der Waals surface area contributed by atoms with E-state index in [1.165, 1.54) is 5.56 Å². The minimum absolute atomic E-state index is 0.281. The number of ether oxygens (including phenoxy) is 2. The average Bonchev–Trinajstić information content (AvgIpc) is 2.75. The molecule has 3 aliphatic rings. The van der Waals surface area contributed by atoms with E-state index in [9.17, 15) is 5.26 Å². The van der Waals surface area contributed by atoms with Gasteiger partial charge < -0.3 is 19.7 Å². The Bertz CT molecular complexity index is 975. The Morgan fingerprint density at radius 1 is 1.19 bits per heavy atom. The van der Waals surface area contributed by atoms with E-state index in [-0.39, 0.29) is 6.10 Å². The van der Waals surface area contributed by atoms with E-state index in [1.54, 1.807) is 18.3 Å². The van der Waals surface area contributed by atoms with Crippen LogP contribution in [0.4, 0.5) is 17.5 Å². The van der Waals surface area contributed by atoms with Crippen LogP contribution in [0.25, 0.3) is 0 Å². The van der Waals surface area contributed by atoms with Gasteiger partial charge in [-0.1, -0.05) is 0 Å². The van der Waals surface area contributed by atoms with E-state index in [0.29, 0.717) is 23.3 Å². The smallest absolute Gasteiger partial charge is 0.134 e. The monoisotopic (exact) mass is 434 g/mol. The number of hydrogen-bond donors (Lipinski definition) is 1. The summed E-state index contributed by atoms with van der Waals surface area (Å²) in [5.41, 5.74) is 1.90. The molecule has 168 valence electrons. The Balaban J connectivity index is 1.35. The number of nitrogens with one attached hydrogen (secondary N) is 1. The van der Waals surface area contributed by atoms with Crippen molar-refractivity contribution < 1.29 is 9.47 Å². The summed E-state index contributed by atoms with van der Waals surface area (Å²) in [5, 5.41) is 12.5. The maximum Gasteiger partial charge on any atom is 0.134 e. The number of hydrogen-bond acceptors (Lipinski definition) is 8. The molecule has 32 heavy (non-hydrogen) atoms. The van der Waals surface area contributed by atoms with Crippen molar-refractivity contribution in [2.45, 2.75) is 37.8 Å². The largest absolute Gasteiger partial charge is 0.378 e. The zero-order chi connectivity index (χ0) is 21.9. The van der Waals surface area contributed by atoms with E-state index in [2.05, 4.69) is 38.3 Å². The zero-order valence-corrected chi connectivity index (χ0v) is 18.5. The molecule has 0 aromatic carbocycles. The SMILES string of the molecule is CCOC1CN(c2cc(C3CCN(C4COC4)CC3)cc(Nc3cc(C#N)ccn3)n2)C1. The van der Waals surface area contributed by atoms with Crippen LogP contribution in [0.1, 0.15) is 36.8 Å². The predicted octanol–water partition coefficient (Wildman–Crippen LogP) is 2.90. The number of piperidine rings is 1. The average molecular weight is 435 g/mol. The van der Waals surface area contributed by atoms with Gasteiger partial charge in [-0.25, -0.2) is 9.97 Å². The lowest BCUT2D eigenvalue weighted by atomic mass is 9.88. The maximum atomic E-state index is 9.20. The van der Waals surface area contributed by atoms with Crippen LogP contribution in [0.3, 0.4) is 0 Å². The van der Waals surface area contributed by atoms with Crippen molar-refractivity contribution in [3.8, 4) is 6.07 Å². The first-order chi connectivity index (χ1) is 15.7. The number of anilines is 3. The topological polar surface area (TPSA) is 86.5 Å². The molecule has 2 aromatic rings. The van der Waals surface area contributed by atoms with Gasteiger partial charge in [0.1, 0.15) is 17.5 Å². The van der Waals surface area contributed by atoms with Gasteiger partial charge in [0.25, 0.3) is 0 Å². The first kappa shape index (κ1) is 21.1. The van der Waals surface area contributed by atoms with Crippen LogP contribution in [-0.2, 0) is 9.47 Å². The van der Waals surface area contributed by atoms with Gasteiger partial charge in [-0.2, -0.15) is 5.26 Å². The second-order valence-corrected chi connectivity index (χ2v) is 8.79. The fourth-order valence-corrected chi connectivity index (χ4v) is 4.70. The molecule has 0 saturated carbocycles. The highest BCUT2D eigenvalue weighted by atomic mass is 16.5. The quantitative estimate of drug-likeness (QED) is 0.712. The Kier molecular flexibility index (Phi) is 6.21. The molecule has 3 fully saturated rings. The summed E-state index contributed by atoms with van der Waals surface area (Å²) >= 11 is 0. The number of nitriles is 1. The molecule has 3 aliphatic heterocycles. The molecule has 5 rings (SSSR count). The van der Waals surface area contributed by atoms with Crippen molar-refractivity contribution in [2.24, 2.45) is 0 Å². The summed E-state index contributed by atoms with van der Waals surface area (Å²) < 4.78 is 11.1. The number of likely N-dealkylation sites (tertiary alicyclic amines) is 1. The molecule has 5 heterocycles. The van der Waals surface area contributed by atoms with E-state index in [1.807, 2.05) is 6.92 Å². The van der Waals surface area contributed by atoms with E-state index >= 15 is 0 Å². The highest BCUT2D eigenvalue weighted by molar-refractivity contribution is 5.59. The van der Waals surface area contributed by atoms with Crippen LogP contribution < -0.4 is 10.2 Å². The summed E-state index contributed by atoms with van der Waals surface area (Å²) in [7, 11) is 0. The Hall–Kier alpha value is -2.73. The zero-order valence-electron chi connectivity index (χ0n) is 18.5. The molecule has 3 saturated heterocycles. The molecule has 0 unspecified atom stereocenters. The highest BCUT2D eigenvalue weighted by Gasteiger charge is 2.32. The first-order valence-electron chi connectivity index (χ1n) is 11.6. The molecule has 2 aromatic heterocycles. The van der Waals surface area contributed by atoms with Gasteiger partial charge in [0.05, 0.1) is 37.0 Å². The van der Waals surface area contributed by atoms with Crippen LogP contribution in [0.5, 0.6) is 0 Å². The number of nitrogens with zero attached hydrogens (tertiary/aromatic N) is 5. The molecule has 0 amide bonds. The lowest BCUT2D eigenvalue weighted by Crippen LogP contribution is -2.52. The van der Waals surface area contributed by atoms with Crippen molar-refractivity contribution in [2.75, 3.05) is 56.2 Å². The molecular formula is C24H30N6O2. The molecule has 1 N–H and O–H groups in total. The number of rotatable bonds is 7. The van der Waals surface area contributed by atoms with E-state index < -0.39 is 0 Å². The van der Waals surface area contributed by atoms with Crippen LogP contribution in [-0.4, -0.2) is 73.0 Å².